The number of benzene rings is 2. The molecular weight excluding hydrogens is 512 g/mol. The van der Waals surface area contributed by atoms with Gasteiger partial charge >= 0.3 is 0 Å². The number of rotatable bonds is 21. The second-order valence-corrected chi connectivity index (χ2v) is 9.63. The summed E-state index contributed by atoms with van der Waals surface area (Å²) in [7, 11) is 3.01. The molecule has 0 radical (unpaired) electrons. The van der Waals surface area contributed by atoms with Crippen LogP contribution in [0, 0.1) is 0 Å². The normalized spacial score (nSPS) is 10.8. The Balaban J connectivity index is 1.34. The summed E-state index contributed by atoms with van der Waals surface area (Å²) in [6, 6.07) is 10.4. The molecule has 6 N–H and O–H groups in total. The van der Waals surface area contributed by atoms with Crippen molar-refractivity contribution < 1.29 is 29.3 Å². The third-order valence-electron chi connectivity index (χ3n) is 6.43. The number of amides is 2. The standard InChI is InChI=1S/C30H46N4O6/c1-39-27-11-7-23(21-25(27)35)9-13-29(37)33-19-5-17-31-15-3-4-16-32-18-6-20-34-30(38)14-10-24-8-12-28(40-2)26(36)22-24/h7-8,11-12,21-22,31-32,35-36H,3-6,9-10,13-20H2,1-2H3,(H,33,37)(H,34,38). The van der Waals surface area contributed by atoms with E-state index in [9.17, 15) is 19.8 Å². The minimum atomic E-state index is 0.00987. The number of phenols is 2. The zero-order valence-corrected chi connectivity index (χ0v) is 23.9. The zero-order chi connectivity index (χ0) is 29.0. The van der Waals surface area contributed by atoms with Crippen LogP contribution in [0.4, 0.5) is 0 Å². The molecule has 0 aliphatic rings. The molecule has 0 aliphatic heterocycles. The number of nitrogens with one attached hydrogen (secondary N) is 4. The van der Waals surface area contributed by atoms with Crippen LogP contribution in [0.2, 0.25) is 0 Å². The lowest BCUT2D eigenvalue weighted by Gasteiger charge is -2.09. The minimum absolute atomic E-state index is 0.00987. The van der Waals surface area contributed by atoms with Crippen molar-refractivity contribution in [3.63, 3.8) is 0 Å². The van der Waals surface area contributed by atoms with Gasteiger partial charge in [0.1, 0.15) is 0 Å². The second kappa shape index (κ2) is 19.5. The molecule has 0 aliphatic carbocycles. The molecule has 222 valence electrons. The molecule has 2 rings (SSSR count). The first-order valence-electron chi connectivity index (χ1n) is 14.1. The van der Waals surface area contributed by atoms with Gasteiger partial charge < -0.3 is 41.0 Å². The summed E-state index contributed by atoms with van der Waals surface area (Å²) in [5, 5.41) is 32.3. The average Bonchev–Trinajstić information content (AvgIpc) is 2.95. The van der Waals surface area contributed by atoms with Crippen molar-refractivity contribution in [2.75, 3.05) is 53.5 Å². The Morgan fingerprint density at radius 3 is 1.40 bits per heavy atom. The van der Waals surface area contributed by atoms with Crippen LogP contribution in [0.15, 0.2) is 36.4 Å². The Bertz CT molecular complexity index is 952. The fourth-order valence-electron chi connectivity index (χ4n) is 4.11. The van der Waals surface area contributed by atoms with Gasteiger partial charge in [0.2, 0.25) is 11.8 Å². The number of hydrogen-bond acceptors (Lipinski definition) is 8. The maximum atomic E-state index is 12.0. The summed E-state index contributed by atoms with van der Waals surface area (Å²) in [5.41, 5.74) is 1.80. The topological polar surface area (TPSA) is 141 Å². The first kappa shape index (κ1) is 32.7. The number of phenolic OH excluding ortho intramolecular Hbond substituents is 2. The molecule has 40 heavy (non-hydrogen) atoms. The van der Waals surface area contributed by atoms with Gasteiger partial charge in [-0.1, -0.05) is 12.1 Å². The summed E-state index contributed by atoms with van der Waals surface area (Å²) in [4.78, 5) is 24.0. The van der Waals surface area contributed by atoms with Crippen molar-refractivity contribution in [1.82, 2.24) is 21.3 Å². The van der Waals surface area contributed by atoms with Gasteiger partial charge in [-0.15, -0.1) is 0 Å². The lowest BCUT2D eigenvalue weighted by Crippen LogP contribution is -2.28. The molecule has 0 saturated carbocycles. The van der Waals surface area contributed by atoms with Crippen LogP contribution in [0.1, 0.15) is 49.7 Å². The Morgan fingerprint density at radius 1 is 0.625 bits per heavy atom. The fourth-order valence-corrected chi connectivity index (χ4v) is 4.11. The van der Waals surface area contributed by atoms with Crippen LogP contribution in [-0.2, 0) is 22.4 Å². The van der Waals surface area contributed by atoms with Crippen molar-refractivity contribution in [1.29, 1.82) is 0 Å². The van der Waals surface area contributed by atoms with Crippen LogP contribution < -0.4 is 30.7 Å². The molecule has 2 aromatic carbocycles. The number of aromatic hydroxyl groups is 2. The van der Waals surface area contributed by atoms with Crippen molar-refractivity contribution in [2.45, 2.75) is 51.4 Å². The van der Waals surface area contributed by atoms with Gasteiger partial charge in [-0.3, -0.25) is 9.59 Å². The van der Waals surface area contributed by atoms with Gasteiger partial charge in [0.25, 0.3) is 0 Å². The number of carbonyl (C=O) groups excluding carboxylic acids is 2. The second-order valence-electron chi connectivity index (χ2n) is 9.63. The molecule has 0 saturated heterocycles. The van der Waals surface area contributed by atoms with E-state index in [0.717, 1.165) is 63.0 Å². The van der Waals surface area contributed by atoms with Gasteiger partial charge in [0.15, 0.2) is 23.0 Å². The Kier molecular flexibility index (Phi) is 16.0. The number of methoxy groups -OCH3 is 2. The van der Waals surface area contributed by atoms with Crippen LogP contribution in [0.25, 0.3) is 0 Å². The van der Waals surface area contributed by atoms with E-state index in [1.807, 2.05) is 12.1 Å². The maximum Gasteiger partial charge on any atom is 0.220 e. The van der Waals surface area contributed by atoms with E-state index in [-0.39, 0.29) is 23.3 Å². The Labute approximate surface area is 237 Å². The molecule has 2 amide bonds. The molecule has 0 unspecified atom stereocenters. The smallest absolute Gasteiger partial charge is 0.220 e. The molecule has 0 atom stereocenters. The average molecular weight is 559 g/mol. The monoisotopic (exact) mass is 558 g/mol. The van der Waals surface area contributed by atoms with Crippen molar-refractivity contribution in [3.8, 4) is 23.0 Å². The molecule has 0 fully saturated rings. The van der Waals surface area contributed by atoms with E-state index in [1.165, 1.54) is 14.2 Å². The van der Waals surface area contributed by atoms with E-state index in [2.05, 4.69) is 21.3 Å². The van der Waals surface area contributed by atoms with Gasteiger partial charge in [0.05, 0.1) is 14.2 Å². The summed E-state index contributed by atoms with van der Waals surface area (Å²) in [6.07, 6.45) is 5.82. The lowest BCUT2D eigenvalue weighted by atomic mass is 10.1. The van der Waals surface area contributed by atoms with Gasteiger partial charge in [-0.05, 0) is 100 Å². The predicted octanol–water partition coefficient (Wildman–Crippen LogP) is 2.65. The highest BCUT2D eigenvalue weighted by molar-refractivity contribution is 5.76. The molecule has 0 bridgehead atoms. The fraction of sp³-hybridized carbons (Fsp3) is 0.533. The maximum absolute atomic E-state index is 12.0. The molecule has 0 aromatic heterocycles. The highest BCUT2D eigenvalue weighted by Gasteiger charge is 2.07. The molecule has 2 aromatic rings. The number of aryl methyl sites for hydroxylation is 2. The van der Waals surface area contributed by atoms with E-state index < -0.39 is 0 Å². The minimum Gasteiger partial charge on any atom is -0.504 e. The number of unbranched alkanes of at least 4 members (excludes halogenated alkanes) is 1. The SMILES string of the molecule is COc1ccc(CCC(=O)NCCCNCCCCNCCCNC(=O)CCc2ccc(OC)c(O)c2)cc1O. The predicted molar refractivity (Wildman–Crippen MR) is 156 cm³/mol. The first-order chi connectivity index (χ1) is 19.4. The van der Waals surface area contributed by atoms with Crippen LogP contribution in [0.3, 0.4) is 0 Å². The van der Waals surface area contributed by atoms with E-state index in [1.54, 1.807) is 24.3 Å². The summed E-state index contributed by atoms with van der Waals surface area (Å²) >= 11 is 0. The molecule has 0 spiro atoms. The molecule has 10 nitrogen and oxygen atoms in total. The third-order valence-corrected chi connectivity index (χ3v) is 6.43. The van der Waals surface area contributed by atoms with Crippen LogP contribution in [0.5, 0.6) is 23.0 Å². The molecular formula is C30H46N4O6. The summed E-state index contributed by atoms with van der Waals surface area (Å²) < 4.78 is 10.1. The number of carbonyl (C=O) groups is 2. The van der Waals surface area contributed by atoms with Crippen LogP contribution >= 0.6 is 0 Å². The first-order valence-corrected chi connectivity index (χ1v) is 14.1. The third kappa shape index (κ3) is 13.5. The van der Waals surface area contributed by atoms with Gasteiger partial charge in [-0.2, -0.15) is 0 Å². The quantitative estimate of drug-likeness (QED) is 0.129. The highest BCUT2D eigenvalue weighted by atomic mass is 16.5. The van der Waals surface area contributed by atoms with Gasteiger partial charge in [-0.25, -0.2) is 0 Å². The summed E-state index contributed by atoms with van der Waals surface area (Å²) in [6.45, 7) is 4.89. The van der Waals surface area contributed by atoms with Gasteiger partial charge in [0, 0.05) is 25.9 Å². The summed E-state index contributed by atoms with van der Waals surface area (Å²) in [5.74, 6) is 1.05. The van der Waals surface area contributed by atoms with Crippen molar-refractivity contribution >= 4 is 11.8 Å². The van der Waals surface area contributed by atoms with Crippen molar-refractivity contribution in [3.05, 3.63) is 47.5 Å². The largest absolute Gasteiger partial charge is 0.504 e. The Morgan fingerprint density at radius 2 is 1.02 bits per heavy atom. The lowest BCUT2D eigenvalue weighted by molar-refractivity contribution is -0.121. The number of ether oxygens (including phenoxy) is 2. The molecule has 10 heteroatoms. The van der Waals surface area contributed by atoms with E-state index in [0.29, 0.717) is 50.3 Å². The molecule has 0 heterocycles. The number of hydrogen-bond donors (Lipinski definition) is 6. The van der Waals surface area contributed by atoms with Crippen molar-refractivity contribution in [2.24, 2.45) is 0 Å². The van der Waals surface area contributed by atoms with Crippen LogP contribution in [-0.4, -0.2) is 75.5 Å². The van der Waals surface area contributed by atoms with E-state index in [4.69, 9.17) is 9.47 Å². The van der Waals surface area contributed by atoms with E-state index >= 15 is 0 Å². The zero-order valence-electron chi connectivity index (χ0n) is 23.9. The Hall–Kier alpha value is -3.50. The highest BCUT2D eigenvalue weighted by Crippen LogP contribution is 2.27.